The Morgan fingerprint density at radius 2 is 1.45 bits per heavy atom. The molecule has 0 aromatic heterocycles. The van der Waals surface area contributed by atoms with Crippen LogP contribution in [0.2, 0.25) is 0 Å². The Morgan fingerprint density at radius 1 is 0.968 bits per heavy atom. The van der Waals surface area contributed by atoms with Crippen molar-refractivity contribution < 1.29 is 14.7 Å². The molecule has 0 spiro atoms. The summed E-state index contributed by atoms with van der Waals surface area (Å²) in [7, 11) is 0. The second kappa shape index (κ2) is 15.7. The summed E-state index contributed by atoms with van der Waals surface area (Å²) < 4.78 is 0. The summed E-state index contributed by atoms with van der Waals surface area (Å²) in [4.78, 5) is 24.7. The van der Waals surface area contributed by atoms with Crippen LogP contribution in [0, 0.1) is 5.92 Å². The zero-order valence-corrected chi connectivity index (χ0v) is 21.6. The third-order valence-corrected chi connectivity index (χ3v) is 9.43. The van der Waals surface area contributed by atoms with E-state index in [0.29, 0.717) is 5.75 Å². The van der Waals surface area contributed by atoms with Gasteiger partial charge in [0, 0.05) is 46.8 Å². The zero-order chi connectivity index (χ0) is 22.5. The average Bonchev–Trinajstić information content (AvgIpc) is 3.08. The normalized spacial score (nSPS) is 22.6. The van der Waals surface area contributed by atoms with E-state index in [1.54, 1.807) is 30.4 Å². The van der Waals surface area contributed by atoms with Crippen LogP contribution in [0.1, 0.15) is 71.1 Å². The molecule has 1 atom stereocenters. The van der Waals surface area contributed by atoms with E-state index in [1.165, 1.54) is 69.1 Å². The van der Waals surface area contributed by atoms with Crippen molar-refractivity contribution in [2.45, 2.75) is 89.3 Å². The lowest BCUT2D eigenvalue weighted by molar-refractivity contribution is -0.147. The molecule has 1 aliphatic heterocycles. The standard InChI is InChI=1S/C12H23N.C11H19NO3S3/c1-3-7-11(8-4-1)13-12-9-5-2-6-10-12;1-8(5-16)11(15)12(4-10(13)14)9-6-17-2-3-18-7-9/h11-13H,1-10H2;8-9,16H,2-7H2,1H3,(H,13,14). The maximum atomic E-state index is 12.2. The fourth-order valence-electron chi connectivity index (χ4n) is 4.55. The van der Waals surface area contributed by atoms with Crippen LogP contribution in [0.15, 0.2) is 0 Å². The first-order chi connectivity index (χ1) is 15.0. The average molecular weight is 491 g/mol. The first-order valence-electron chi connectivity index (χ1n) is 12.1. The molecule has 180 valence electrons. The molecule has 2 N–H and O–H groups in total. The van der Waals surface area contributed by atoms with E-state index in [1.807, 2.05) is 0 Å². The lowest BCUT2D eigenvalue weighted by Gasteiger charge is -2.31. The molecule has 3 fully saturated rings. The summed E-state index contributed by atoms with van der Waals surface area (Å²) >= 11 is 7.70. The number of carboxylic acid groups (broad SMARTS) is 1. The summed E-state index contributed by atoms with van der Waals surface area (Å²) in [6, 6.07) is 1.77. The lowest BCUT2D eigenvalue weighted by Crippen LogP contribution is -2.48. The van der Waals surface area contributed by atoms with Gasteiger partial charge in [0.1, 0.15) is 6.54 Å². The van der Waals surface area contributed by atoms with Crippen LogP contribution in [-0.2, 0) is 9.59 Å². The highest BCUT2D eigenvalue weighted by atomic mass is 32.2. The quantitative estimate of drug-likeness (QED) is 0.455. The van der Waals surface area contributed by atoms with Crippen molar-refractivity contribution in [1.82, 2.24) is 10.2 Å². The number of carbonyl (C=O) groups excluding carboxylic acids is 1. The molecule has 8 heteroatoms. The second-order valence-corrected chi connectivity index (χ2v) is 11.7. The zero-order valence-electron chi connectivity index (χ0n) is 19.1. The smallest absolute Gasteiger partial charge is 0.323 e. The van der Waals surface area contributed by atoms with Crippen molar-refractivity contribution in [3.63, 3.8) is 0 Å². The number of nitrogens with zero attached hydrogens (tertiary/aromatic N) is 1. The van der Waals surface area contributed by atoms with Gasteiger partial charge in [-0.25, -0.2) is 0 Å². The van der Waals surface area contributed by atoms with Gasteiger partial charge in [-0.05, 0) is 25.7 Å². The molecule has 0 bridgehead atoms. The highest BCUT2D eigenvalue weighted by Gasteiger charge is 2.29. The van der Waals surface area contributed by atoms with Gasteiger partial charge in [0.2, 0.25) is 5.91 Å². The Kier molecular flexibility index (Phi) is 13.8. The van der Waals surface area contributed by atoms with Gasteiger partial charge in [0.05, 0.1) is 6.04 Å². The van der Waals surface area contributed by atoms with Gasteiger partial charge < -0.3 is 15.3 Å². The van der Waals surface area contributed by atoms with Crippen LogP contribution in [0.5, 0.6) is 0 Å². The largest absolute Gasteiger partial charge is 0.480 e. The van der Waals surface area contributed by atoms with Gasteiger partial charge in [0.15, 0.2) is 0 Å². The fraction of sp³-hybridized carbons (Fsp3) is 0.913. The highest BCUT2D eigenvalue weighted by molar-refractivity contribution is 8.03. The van der Waals surface area contributed by atoms with Crippen LogP contribution in [0.4, 0.5) is 0 Å². The van der Waals surface area contributed by atoms with E-state index >= 15 is 0 Å². The van der Waals surface area contributed by atoms with Gasteiger partial charge in [-0.15, -0.1) is 0 Å². The monoisotopic (exact) mass is 490 g/mol. The summed E-state index contributed by atoms with van der Waals surface area (Å²) in [6.45, 7) is 1.59. The van der Waals surface area contributed by atoms with E-state index in [2.05, 4.69) is 17.9 Å². The van der Waals surface area contributed by atoms with Gasteiger partial charge in [-0.1, -0.05) is 45.4 Å². The summed E-state index contributed by atoms with van der Waals surface area (Å²) in [6.07, 6.45) is 14.6. The van der Waals surface area contributed by atoms with Gasteiger partial charge in [-0.3, -0.25) is 9.59 Å². The predicted octanol–water partition coefficient (Wildman–Crippen LogP) is 4.56. The molecule has 1 heterocycles. The Balaban J connectivity index is 0.000000231. The third-order valence-electron chi connectivity index (χ3n) is 6.40. The van der Waals surface area contributed by atoms with Crippen LogP contribution in [0.3, 0.4) is 0 Å². The Bertz CT molecular complexity index is 502. The fourth-order valence-corrected chi connectivity index (χ4v) is 7.27. The Labute approximate surface area is 203 Å². The Morgan fingerprint density at radius 3 is 1.87 bits per heavy atom. The number of thioether (sulfide) groups is 2. The molecule has 2 saturated carbocycles. The SMILES string of the molecule is C1CCC(NC2CCCCC2)CC1.CC(CS)C(=O)N(CC(=O)O)C1CSCCSC1. The molecule has 3 aliphatic rings. The molecule has 1 saturated heterocycles. The van der Waals surface area contributed by atoms with Gasteiger partial charge >= 0.3 is 5.97 Å². The van der Waals surface area contributed by atoms with Crippen molar-refractivity contribution in [2.24, 2.45) is 5.92 Å². The molecule has 3 rings (SSSR count). The number of amides is 1. The molecule has 1 amide bonds. The third kappa shape index (κ3) is 10.6. The summed E-state index contributed by atoms with van der Waals surface area (Å²) in [5.74, 6) is 2.95. The molecular formula is C23H42N2O3S3. The minimum absolute atomic E-state index is 0.0217. The maximum absolute atomic E-state index is 12.2. The first kappa shape index (κ1) is 27.2. The predicted molar refractivity (Wildman–Crippen MR) is 138 cm³/mol. The van der Waals surface area contributed by atoms with Gasteiger partial charge in [0.25, 0.3) is 0 Å². The number of rotatable bonds is 7. The molecule has 0 radical (unpaired) electrons. The van der Waals surface area contributed by atoms with E-state index < -0.39 is 5.97 Å². The molecule has 0 aromatic rings. The molecule has 0 aromatic carbocycles. The number of hydrogen-bond acceptors (Lipinski definition) is 6. The van der Waals surface area contributed by atoms with Crippen LogP contribution < -0.4 is 5.32 Å². The van der Waals surface area contributed by atoms with Crippen molar-refractivity contribution in [3.8, 4) is 0 Å². The molecule has 1 unspecified atom stereocenters. The van der Waals surface area contributed by atoms with Crippen molar-refractivity contribution in [3.05, 3.63) is 0 Å². The van der Waals surface area contributed by atoms with Crippen molar-refractivity contribution in [2.75, 3.05) is 35.3 Å². The first-order valence-corrected chi connectivity index (χ1v) is 15.0. The summed E-state index contributed by atoms with van der Waals surface area (Å²) in [5, 5.41) is 12.8. The van der Waals surface area contributed by atoms with E-state index in [9.17, 15) is 9.59 Å². The van der Waals surface area contributed by atoms with Crippen molar-refractivity contribution in [1.29, 1.82) is 0 Å². The number of nitrogens with one attached hydrogen (secondary N) is 1. The number of aliphatic carboxylic acids is 1. The minimum atomic E-state index is -0.950. The van der Waals surface area contributed by atoms with E-state index in [-0.39, 0.29) is 24.4 Å². The second-order valence-electron chi connectivity index (χ2n) is 9.08. The number of thiol groups is 1. The van der Waals surface area contributed by atoms with E-state index in [4.69, 9.17) is 5.11 Å². The molecule has 31 heavy (non-hydrogen) atoms. The topological polar surface area (TPSA) is 69.6 Å². The number of carbonyl (C=O) groups is 2. The van der Waals surface area contributed by atoms with Crippen molar-refractivity contribution >= 4 is 48.0 Å². The lowest BCUT2D eigenvalue weighted by atomic mass is 9.91. The Hall–Kier alpha value is -0.0500. The molecular weight excluding hydrogens is 448 g/mol. The van der Waals surface area contributed by atoms with E-state index in [0.717, 1.165) is 35.1 Å². The maximum Gasteiger partial charge on any atom is 0.323 e. The van der Waals surface area contributed by atoms with Gasteiger partial charge in [-0.2, -0.15) is 36.2 Å². The number of carboxylic acids is 1. The summed E-state index contributed by atoms with van der Waals surface area (Å²) in [5.41, 5.74) is 0. The van der Waals surface area contributed by atoms with Crippen LogP contribution in [-0.4, -0.2) is 75.3 Å². The van der Waals surface area contributed by atoms with Crippen LogP contribution >= 0.6 is 36.2 Å². The molecule has 2 aliphatic carbocycles. The minimum Gasteiger partial charge on any atom is -0.480 e. The number of hydrogen-bond donors (Lipinski definition) is 3. The molecule has 5 nitrogen and oxygen atoms in total. The highest BCUT2D eigenvalue weighted by Crippen LogP contribution is 2.23. The van der Waals surface area contributed by atoms with Crippen LogP contribution in [0.25, 0.3) is 0 Å².